The smallest absolute Gasteiger partial charge is 0.258 e. The molecule has 8 heteroatoms. The number of ether oxygens (including phenoxy) is 1. The summed E-state index contributed by atoms with van der Waals surface area (Å²) in [5.74, 6) is 1.10. The molecule has 3 N–H and O–H groups in total. The van der Waals surface area contributed by atoms with E-state index in [9.17, 15) is 9.59 Å². The van der Waals surface area contributed by atoms with E-state index in [1.165, 1.54) is 12.8 Å². The zero-order valence-electron chi connectivity index (χ0n) is 16.2. The third-order valence-corrected chi connectivity index (χ3v) is 5.84. The second-order valence-corrected chi connectivity index (χ2v) is 8.30. The molecule has 2 fully saturated rings. The van der Waals surface area contributed by atoms with Crippen LogP contribution in [0, 0.1) is 0 Å². The number of thioether (sulfide) groups is 1. The number of halogens is 1. The maximum Gasteiger partial charge on any atom is 0.258 e. The monoisotopic (exact) mass is 427 g/mol. The van der Waals surface area contributed by atoms with E-state index in [-0.39, 0.29) is 36.9 Å². The molecule has 2 bridgehead atoms. The van der Waals surface area contributed by atoms with Crippen molar-refractivity contribution in [2.24, 2.45) is 0 Å². The summed E-state index contributed by atoms with van der Waals surface area (Å²) >= 11 is 1.67. The number of benzene rings is 1. The van der Waals surface area contributed by atoms with Crippen molar-refractivity contribution < 1.29 is 14.3 Å². The van der Waals surface area contributed by atoms with Crippen LogP contribution in [-0.2, 0) is 9.59 Å². The van der Waals surface area contributed by atoms with Gasteiger partial charge in [0.2, 0.25) is 5.91 Å². The van der Waals surface area contributed by atoms with Crippen LogP contribution in [0.15, 0.2) is 30.3 Å². The summed E-state index contributed by atoms with van der Waals surface area (Å²) < 4.78 is 5.48. The normalized spacial score (nSPS) is 24.0. The summed E-state index contributed by atoms with van der Waals surface area (Å²) in [5, 5.41) is 9.59. The third kappa shape index (κ3) is 6.87. The van der Waals surface area contributed by atoms with Crippen LogP contribution in [0.25, 0.3) is 0 Å². The number of amides is 2. The average Bonchev–Trinajstić information content (AvgIpc) is 3.02. The van der Waals surface area contributed by atoms with Crippen molar-refractivity contribution >= 4 is 36.0 Å². The molecular formula is C20H30ClN3O3S. The third-order valence-electron chi connectivity index (χ3n) is 5.19. The number of hydrogen-bond acceptors (Lipinski definition) is 5. The van der Waals surface area contributed by atoms with Crippen LogP contribution in [0.5, 0.6) is 5.75 Å². The summed E-state index contributed by atoms with van der Waals surface area (Å²) in [7, 11) is 0. The minimum atomic E-state index is -0.517. The number of fused-ring (bicyclic) bond motifs is 2. The minimum absolute atomic E-state index is 0. The number of carbonyl (C=O) groups is 2. The van der Waals surface area contributed by atoms with E-state index < -0.39 is 6.04 Å². The first-order chi connectivity index (χ1) is 13.1. The molecule has 0 spiro atoms. The second-order valence-electron chi connectivity index (χ2n) is 7.32. The predicted octanol–water partition coefficient (Wildman–Crippen LogP) is 2.12. The topological polar surface area (TPSA) is 79.5 Å². The average molecular weight is 428 g/mol. The van der Waals surface area contributed by atoms with Crippen LogP contribution >= 0.6 is 24.2 Å². The van der Waals surface area contributed by atoms with Crippen molar-refractivity contribution in [2.75, 3.05) is 18.6 Å². The van der Waals surface area contributed by atoms with Crippen LogP contribution < -0.4 is 20.7 Å². The first-order valence-corrected chi connectivity index (χ1v) is 11.1. The van der Waals surface area contributed by atoms with Gasteiger partial charge in [0.1, 0.15) is 11.8 Å². The van der Waals surface area contributed by atoms with Crippen LogP contribution in [0.1, 0.15) is 32.1 Å². The molecule has 3 rings (SSSR count). The molecule has 3 atom stereocenters. The quantitative estimate of drug-likeness (QED) is 0.562. The Kier molecular flexibility index (Phi) is 9.41. The summed E-state index contributed by atoms with van der Waals surface area (Å²) in [5.41, 5.74) is 0. The number of para-hydroxylation sites is 1. The summed E-state index contributed by atoms with van der Waals surface area (Å²) in [6, 6.07) is 9.93. The molecule has 1 aromatic carbocycles. The molecule has 0 radical (unpaired) electrons. The highest BCUT2D eigenvalue weighted by molar-refractivity contribution is 7.98. The Hall–Kier alpha value is -1.44. The lowest BCUT2D eigenvalue weighted by molar-refractivity contribution is -0.130. The van der Waals surface area contributed by atoms with E-state index >= 15 is 0 Å². The highest BCUT2D eigenvalue weighted by Crippen LogP contribution is 2.26. The highest BCUT2D eigenvalue weighted by Gasteiger charge is 2.35. The van der Waals surface area contributed by atoms with Crippen molar-refractivity contribution in [1.29, 1.82) is 0 Å². The van der Waals surface area contributed by atoms with E-state index in [4.69, 9.17) is 4.74 Å². The lowest BCUT2D eigenvalue weighted by Crippen LogP contribution is -2.54. The number of carbonyl (C=O) groups excluding carboxylic acids is 2. The summed E-state index contributed by atoms with van der Waals surface area (Å²) in [6.45, 7) is -0.0927. The van der Waals surface area contributed by atoms with E-state index in [1.807, 2.05) is 24.5 Å². The van der Waals surface area contributed by atoms with Crippen molar-refractivity contribution in [3.63, 3.8) is 0 Å². The van der Waals surface area contributed by atoms with Gasteiger partial charge in [0, 0.05) is 18.1 Å². The SMILES string of the molecule is CSCCC(NC(=O)COc1ccccc1)C(=O)NC1CC2CCC(C1)N2.Cl. The van der Waals surface area contributed by atoms with Gasteiger partial charge >= 0.3 is 0 Å². The molecule has 2 saturated heterocycles. The van der Waals surface area contributed by atoms with Crippen LogP contribution in [-0.4, -0.2) is 54.6 Å². The van der Waals surface area contributed by atoms with E-state index in [1.54, 1.807) is 23.9 Å². The highest BCUT2D eigenvalue weighted by atomic mass is 35.5. The number of nitrogens with one attached hydrogen (secondary N) is 3. The Balaban J connectivity index is 0.00000280. The zero-order chi connectivity index (χ0) is 19.1. The molecule has 0 aliphatic carbocycles. The fourth-order valence-electron chi connectivity index (χ4n) is 3.88. The lowest BCUT2D eigenvalue weighted by Gasteiger charge is -2.31. The number of piperidine rings is 1. The molecule has 28 heavy (non-hydrogen) atoms. The molecule has 2 amide bonds. The predicted molar refractivity (Wildman–Crippen MR) is 115 cm³/mol. The van der Waals surface area contributed by atoms with Crippen LogP contribution in [0.3, 0.4) is 0 Å². The van der Waals surface area contributed by atoms with E-state index in [2.05, 4.69) is 16.0 Å². The summed E-state index contributed by atoms with van der Waals surface area (Å²) in [4.78, 5) is 25.0. The maximum absolute atomic E-state index is 12.8. The van der Waals surface area contributed by atoms with Gasteiger partial charge < -0.3 is 20.7 Å². The standard InChI is InChI=1S/C20H29N3O3S.ClH/c1-27-10-9-18(23-19(24)13-26-17-5-3-2-4-6-17)20(25)22-16-11-14-7-8-15(12-16)21-14;/h2-6,14-16,18,21H,7-13H2,1H3,(H,22,25)(H,23,24);1H. The molecule has 3 unspecified atom stereocenters. The van der Waals surface area contributed by atoms with Crippen molar-refractivity contribution in [3.05, 3.63) is 30.3 Å². The van der Waals surface area contributed by atoms with Gasteiger partial charge in [-0.05, 0) is 56.2 Å². The van der Waals surface area contributed by atoms with Crippen LogP contribution in [0.2, 0.25) is 0 Å². The first kappa shape index (κ1) is 22.8. The molecule has 1 aromatic rings. The number of rotatable bonds is 9. The number of hydrogen-bond donors (Lipinski definition) is 3. The Morgan fingerprint density at radius 2 is 1.89 bits per heavy atom. The molecule has 156 valence electrons. The molecule has 2 heterocycles. The molecule has 0 saturated carbocycles. The van der Waals surface area contributed by atoms with Gasteiger partial charge in [-0.1, -0.05) is 18.2 Å². The molecule has 2 aliphatic rings. The van der Waals surface area contributed by atoms with Crippen molar-refractivity contribution in [3.8, 4) is 5.75 Å². The molecule has 6 nitrogen and oxygen atoms in total. The van der Waals surface area contributed by atoms with E-state index in [0.717, 1.165) is 18.6 Å². The van der Waals surface area contributed by atoms with Crippen molar-refractivity contribution in [1.82, 2.24) is 16.0 Å². The Bertz CT molecular complexity index is 622. The fraction of sp³-hybridized carbons (Fsp3) is 0.600. The van der Waals surface area contributed by atoms with E-state index in [0.29, 0.717) is 24.3 Å². The van der Waals surface area contributed by atoms with Gasteiger partial charge in [0.15, 0.2) is 6.61 Å². The second kappa shape index (κ2) is 11.5. The van der Waals surface area contributed by atoms with Gasteiger partial charge in [-0.3, -0.25) is 9.59 Å². The van der Waals surface area contributed by atoms with Crippen LogP contribution in [0.4, 0.5) is 0 Å². The Labute approximate surface area is 177 Å². The van der Waals surface area contributed by atoms with Gasteiger partial charge in [-0.15, -0.1) is 12.4 Å². The lowest BCUT2D eigenvalue weighted by atomic mass is 9.99. The van der Waals surface area contributed by atoms with Gasteiger partial charge in [-0.25, -0.2) is 0 Å². The Morgan fingerprint density at radius 1 is 1.21 bits per heavy atom. The molecular weight excluding hydrogens is 398 g/mol. The van der Waals surface area contributed by atoms with Gasteiger partial charge in [0.25, 0.3) is 5.91 Å². The van der Waals surface area contributed by atoms with Gasteiger partial charge in [0.05, 0.1) is 0 Å². The summed E-state index contributed by atoms with van der Waals surface area (Å²) in [6.07, 6.45) is 6.95. The minimum Gasteiger partial charge on any atom is -0.484 e. The maximum atomic E-state index is 12.8. The Morgan fingerprint density at radius 3 is 2.54 bits per heavy atom. The fourth-order valence-corrected chi connectivity index (χ4v) is 4.35. The zero-order valence-corrected chi connectivity index (χ0v) is 17.8. The molecule has 2 aliphatic heterocycles. The van der Waals surface area contributed by atoms with Crippen molar-refractivity contribution in [2.45, 2.75) is 56.3 Å². The van der Waals surface area contributed by atoms with Gasteiger partial charge in [-0.2, -0.15) is 11.8 Å². The first-order valence-electron chi connectivity index (χ1n) is 9.66. The largest absolute Gasteiger partial charge is 0.484 e. The molecule has 0 aromatic heterocycles.